The molecule has 5 heteroatoms. The highest BCUT2D eigenvalue weighted by Crippen LogP contribution is 2.20. The normalized spacial score (nSPS) is 18.9. The lowest BCUT2D eigenvalue weighted by Crippen LogP contribution is -2.39. The van der Waals surface area contributed by atoms with Crippen molar-refractivity contribution in [2.45, 2.75) is 26.3 Å². The summed E-state index contributed by atoms with van der Waals surface area (Å²) in [5, 5.41) is 0.601. The minimum Gasteiger partial charge on any atom is -0.466 e. The Balaban J connectivity index is 1.75. The van der Waals surface area contributed by atoms with Gasteiger partial charge in [-0.25, -0.2) is 0 Å². The second-order valence-corrected chi connectivity index (χ2v) is 5.91. The molecule has 1 saturated heterocycles. The highest BCUT2D eigenvalue weighted by molar-refractivity contribution is 5.76. The predicted octanol–water partition coefficient (Wildman–Crippen LogP) is 2.57. The van der Waals surface area contributed by atoms with E-state index in [1.54, 1.807) is 18.4 Å². The molecule has 0 N–H and O–H groups in total. The Labute approximate surface area is 134 Å². The Hall–Kier alpha value is -2.14. The Morgan fingerprint density at radius 1 is 1.39 bits per heavy atom. The Morgan fingerprint density at radius 3 is 3.04 bits per heavy atom. The molecule has 1 aliphatic rings. The van der Waals surface area contributed by atoms with Crippen molar-refractivity contribution >= 4 is 16.9 Å². The molecule has 23 heavy (non-hydrogen) atoms. The number of piperidine rings is 1. The molecule has 1 atom stereocenters. The van der Waals surface area contributed by atoms with Gasteiger partial charge in [0, 0.05) is 18.7 Å². The average molecular weight is 315 g/mol. The largest absolute Gasteiger partial charge is 0.466 e. The van der Waals surface area contributed by atoms with Crippen LogP contribution < -0.4 is 5.43 Å². The zero-order valence-corrected chi connectivity index (χ0v) is 13.3. The first kappa shape index (κ1) is 15.7. The van der Waals surface area contributed by atoms with Gasteiger partial charge >= 0.3 is 5.97 Å². The lowest BCUT2D eigenvalue weighted by Gasteiger charge is -2.31. The monoisotopic (exact) mass is 315 g/mol. The fourth-order valence-electron chi connectivity index (χ4n) is 3.12. The molecule has 0 radical (unpaired) electrons. The molecule has 1 fully saturated rings. The predicted molar refractivity (Wildman–Crippen MR) is 87.1 cm³/mol. The smallest absolute Gasteiger partial charge is 0.310 e. The van der Waals surface area contributed by atoms with Gasteiger partial charge < -0.3 is 9.15 Å². The molecule has 0 aliphatic carbocycles. The van der Waals surface area contributed by atoms with E-state index in [1.165, 1.54) is 0 Å². The first-order chi connectivity index (χ1) is 11.2. The van der Waals surface area contributed by atoms with Gasteiger partial charge in [-0.05, 0) is 38.4 Å². The maximum atomic E-state index is 12.5. The number of esters is 1. The van der Waals surface area contributed by atoms with E-state index in [1.807, 2.05) is 19.1 Å². The zero-order chi connectivity index (χ0) is 16.2. The molecule has 0 bridgehead atoms. The van der Waals surface area contributed by atoms with Crippen molar-refractivity contribution in [1.82, 2.24) is 4.90 Å². The second-order valence-electron chi connectivity index (χ2n) is 5.91. The fraction of sp³-hybridized carbons (Fsp3) is 0.444. The van der Waals surface area contributed by atoms with Crippen LogP contribution >= 0.6 is 0 Å². The van der Waals surface area contributed by atoms with Gasteiger partial charge in [0.2, 0.25) is 0 Å². The van der Waals surface area contributed by atoms with Gasteiger partial charge in [-0.15, -0.1) is 0 Å². The zero-order valence-electron chi connectivity index (χ0n) is 13.3. The van der Waals surface area contributed by atoms with Gasteiger partial charge in [-0.2, -0.15) is 0 Å². The van der Waals surface area contributed by atoms with E-state index in [4.69, 9.17) is 9.15 Å². The molecule has 0 saturated carbocycles. The lowest BCUT2D eigenvalue weighted by atomic mass is 9.98. The van der Waals surface area contributed by atoms with Gasteiger partial charge in [0.1, 0.15) is 5.58 Å². The summed E-state index contributed by atoms with van der Waals surface area (Å²) < 4.78 is 10.7. The molecule has 122 valence electrons. The molecule has 1 aromatic heterocycles. The number of benzene rings is 1. The van der Waals surface area contributed by atoms with Crippen LogP contribution in [-0.2, 0) is 16.1 Å². The lowest BCUT2D eigenvalue weighted by molar-refractivity contribution is -0.150. The molecule has 2 aromatic rings. The molecular weight excluding hydrogens is 294 g/mol. The van der Waals surface area contributed by atoms with Crippen molar-refractivity contribution in [3.05, 3.63) is 46.3 Å². The third-order valence-corrected chi connectivity index (χ3v) is 4.27. The number of hydrogen-bond acceptors (Lipinski definition) is 5. The van der Waals surface area contributed by atoms with Crippen LogP contribution in [0.4, 0.5) is 0 Å². The second kappa shape index (κ2) is 6.96. The van der Waals surface area contributed by atoms with Crippen LogP contribution in [0.1, 0.15) is 25.3 Å². The van der Waals surface area contributed by atoms with E-state index < -0.39 is 0 Å². The molecular formula is C18H21NO4. The number of fused-ring (bicyclic) bond motifs is 1. The molecule has 0 spiro atoms. The summed E-state index contributed by atoms with van der Waals surface area (Å²) in [5.74, 6) is -0.237. The number of nitrogens with zero attached hydrogens (tertiary/aromatic N) is 1. The van der Waals surface area contributed by atoms with Crippen LogP contribution in [0.15, 0.2) is 39.7 Å². The van der Waals surface area contributed by atoms with Crippen LogP contribution in [0.25, 0.3) is 11.0 Å². The Bertz CT molecular complexity index is 752. The van der Waals surface area contributed by atoms with Crippen molar-refractivity contribution in [3.8, 4) is 0 Å². The van der Waals surface area contributed by atoms with E-state index in [-0.39, 0.29) is 17.3 Å². The minimum atomic E-state index is -0.136. The topological polar surface area (TPSA) is 59.8 Å². The van der Waals surface area contributed by atoms with Crippen LogP contribution in [0.5, 0.6) is 0 Å². The quantitative estimate of drug-likeness (QED) is 0.812. The SMILES string of the molecule is CCOC(=O)C1CCCN(Cc2coc3ccccc3c2=O)C1. The number of rotatable bonds is 4. The van der Waals surface area contributed by atoms with Crippen LogP contribution in [-0.4, -0.2) is 30.6 Å². The van der Waals surface area contributed by atoms with Gasteiger partial charge in [-0.1, -0.05) is 12.1 Å². The standard InChI is InChI=1S/C18H21NO4/c1-2-22-18(21)13-6-5-9-19(10-13)11-14-12-23-16-8-4-3-7-15(16)17(14)20/h3-4,7-8,12-13H,2,5-6,9-11H2,1H3. The van der Waals surface area contributed by atoms with E-state index >= 15 is 0 Å². The van der Waals surface area contributed by atoms with Gasteiger partial charge in [0.15, 0.2) is 5.43 Å². The highest BCUT2D eigenvalue weighted by Gasteiger charge is 2.27. The van der Waals surface area contributed by atoms with E-state index in [2.05, 4.69) is 4.90 Å². The summed E-state index contributed by atoms with van der Waals surface area (Å²) in [7, 11) is 0. The summed E-state index contributed by atoms with van der Waals surface area (Å²) in [6.45, 7) is 4.23. The molecule has 0 amide bonds. The summed E-state index contributed by atoms with van der Waals surface area (Å²) in [4.78, 5) is 26.6. The first-order valence-electron chi connectivity index (χ1n) is 8.07. The first-order valence-corrected chi connectivity index (χ1v) is 8.07. The molecule has 1 unspecified atom stereocenters. The molecule has 1 aromatic carbocycles. The summed E-state index contributed by atoms with van der Waals surface area (Å²) in [5.41, 5.74) is 1.24. The van der Waals surface area contributed by atoms with E-state index in [0.29, 0.717) is 36.2 Å². The minimum absolute atomic E-state index is 0.00473. The Kier molecular flexibility index (Phi) is 4.76. The number of para-hydroxylation sites is 1. The summed E-state index contributed by atoms with van der Waals surface area (Å²) in [6, 6.07) is 7.25. The summed E-state index contributed by atoms with van der Waals surface area (Å²) >= 11 is 0. The molecule has 1 aliphatic heterocycles. The van der Waals surface area contributed by atoms with Gasteiger partial charge in [0.25, 0.3) is 0 Å². The van der Waals surface area contributed by atoms with E-state index in [9.17, 15) is 9.59 Å². The third kappa shape index (κ3) is 3.45. The molecule has 5 nitrogen and oxygen atoms in total. The third-order valence-electron chi connectivity index (χ3n) is 4.27. The van der Waals surface area contributed by atoms with Crippen molar-refractivity contribution in [2.75, 3.05) is 19.7 Å². The maximum absolute atomic E-state index is 12.5. The van der Waals surface area contributed by atoms with Crippen molar-refractivity contribution in [2.24, 2.45) is 5.92 Å². The Morgan fingerprint density at radius 2 is 2.22 bits per heavy atom. The fourth-order valence-corrected chi connectivity index (χ4v) is 3.12. The number of carbonyl (C=O) groups excluding carboxylic acids is 1. The van der Waals surface area contributed by atoms with Crippen LogP contribution in [0.3, 0.4) is 0 Å². The van der Waals surface area contributed by atoms with Crippen molar-refractivity contribution in [3.63, 3.8) is 0 Å². The van der Waals surface area contributed by atoms with Gasteiger partial charge in [-0.3, -0.25) is 14.5 Å². The maximum Gasteiger partial charge on any atom is 0.310 e. The van der Waals surface area contributed by atoms with Crippen molar-refractivity contribution in [1.29, 1.82) is 0 Å². The summed E-state index contributed by atoms with van der Waals surface area (Å²) in [6.07, 6.45) is 3.32. The van der Waals surface area contributed by atoms with Crippen molar-refractivity contribution < 1.29 is 13.9 Å². The number of hydrogen-bond donors (Lipinski definition) is 0. The molecule has 2 heterocycles. The average Bonchev–Trinajstić information content (AvgIpc) is 2.58. The van der Waals surface area contributed by atoms with Crippen LogP contribution in [0, 0.1) is 5.92 Å². The molecule has 3 rings (SSSR count). The highest BCUT2D eigenvalue weighted by atomic mass is 16.5. The van der Waals surface area contributed by atoms with Crippen LogP contribution in [0.2, 0.25) is 0 Å². The van der Waals surface area contributed by atoms with E-state index in [0.717, 1.165) is 19.4 Å². The van der Waals surface area contributed by atoms with Gasteiger partial charge in [0.05, 0.1) is 24.2 Å². The number of likely N-dealkylation sites (tertiary alicyclic amines) is 1. The number of ether oxygens (including phenoxy) is 1. The number of carbonyl (C=O) groups is 1.